The molecule has 0 radical (unpaired) electrons. The zero-order chi connectivity index (χ0) is 40.8. The maximum Gasteiger partial charge on any atom is 0.164 e. The standard InChI is InChI=1S/C58H35N3O/c1-2-14-37(15-3-1)55-59-56(61-57(60-55)41-17-12-16-40(34-41)42-22-13-23-47-46-21-7-11-27-53(46)62-54(42)47)38-30-28-36(29-31-38)39-32-33-52-48(35-39)45-20-6-10-26-51(45)58(52)49-24-8-4-18-43(49)44-19-5-9-25-50(44)58/h1-35H. The number of nitrogens with zero attached hydrogens (tertiary/aromatic N) is 3. The Morgan fingerprint density at radius 3 is 1.47 bits per heavy atom. The summed E-state index contributed by atoms with van der Waals surface area (Å²) in [5, 5.41) is 2.21. The van der Waals surface area contributed by atoms with E-state index >= 15 is 0 Å². The molecule has 4 heteroatoms. The number of benzene rings is 9. The van der Waals surface area contributed by atoms with Crippen molar-refractivity contribution in [2.24, 2.45) is 0 Å². The lowest BCUT2D eigenvalue weighted by molar-refractivity contribution is 0.670. The van der Waals surface area contributed by atoms with Crippen molar-refractivity contribution < 1.29 is 4.42 Å². The SMILES string of the molecule is c1ccc(-c2nc(-c3ccc(-c4ccc5c(c4)-c4ccccc4C54c5ccccc5-c5ccccc54)cc3)nc(-c3cccc(-c4cccc5c4oc4ccccc45)c3)n2)cc1. The molecule has 0 atom stereocenters. The minimum absolute atomic E-state index is 0.353. The largest absolute Gasteiger partial charge is 0.455 e. The van der Waals surface area contributed by atoms with E-state index in [9.17, 15) is 0 Å². The van der Waals surface area contributed by atoms with Crippen molar-refractivity contribution in [3.63, 3.8) is 0 Å². The quantitative estimate of drug-likeness (QED) is 0.174. The van der Waals surface area contributed by atoms with Gasteiger partial charge in [0.2, 0.25) is 0 Å². The Hall–Kier alpha value is -8.21. The minimum Gasteiger partial charge on any atom is -0.455 e. The third-order valence-corrected chi connectivity index (χ3v) is 13.0. The predicted octanol–water partition coefficient (Wildman–Crippen LogP) is 14.4. The van der Waals surface area contributed by atoms with Crippen LogP contribution in [-0.4, -0.2) is 15.0 Å². The molecule has 0 amide bonds. The topological polar surface area (TPSA) is 51.8 Å². The molecule has 2 heterocycles. The number of rotatable bonds is 5. The fraction of sp³-hybridized carbons (Fsp3) is 0.0172. The van der Waals surface area contributed by atoms with E-state index in [-0.39, 0.29) is 5.41 Å². The van der Waals surface area contributed by atoms with Crippen molar-refractivity contribution >= 4 is 21.9 Å². The normalized spacial score (nSPS) is 13.0. The first kappa shape index (κ1) is 34.6. The molecule has 0 N–H and O–H groups in total. The summed E-state index contributed by atoms with van der Waals surface area (Å²) in [6.07, 6.45) is 0. The lowest BCUT2D eigenvalue weighted by atomic mass is 9.70. The van der Waals surface area contributed by atoms with Crippen LogP contribution in [0, 0.1) is 0 Å². The van der Waals surface area contributed by atoms with E-state index in [4.69, 9.17) is 19.4 Å². The molecule has 2 aromatic heterocycles. The van der Waals surface area contributed by atoms with Crippen molar-refractivity contribution in [2.75, 3.05) is 0 Å². The maximum absolute atomic E-state index is 6.42. The molecule has 0 bridgehead atoms. The Morgan fingerprint density at radius 2 is 0.758 bits per heavy atom. The molecule has 9 aromatic carbocycles. The molecule has 0 aliphatic heterocycles. The second-order valence-electron chi connectivity index (χ2n) is 16.3. The molecular formula is C58H35N3O. The van der Waals surface area contributed by atoms with Crippen LogP contribution in [0.3, 0.4) is 0 Å². The van der Waals surface area contributed by atoms with Gasteiger partial charge in [-0.3, -0.25) is 0 Å². The highest BCUT2D eigenvalue weighted by Gasteiger charge is 2.51. The van der Waals surface area contributed by atoms with E-state index in [1.165, 1.54) is 50.1 Å². The molecule has 0 fully saturated rings. The molecular weight excluding hydrogens is 755 g/mol. The second kappa shape index (κ2) is 13.4. The summed E-state index contributed by atoms with van der Waals surface area (Å²) in [4.78, 5) is 15.3. The van der Waals surface area contributed by atoms with E-state index < -0.39 is 0 Å². The Kier molecular flexibility index (Phi) is 7.49. The Labute approximate surface area is 358 Å². The van der Waals surface area contributed by atoms with Crippen LogP contribution in [0.15, 0.2) is 217 Å². The fourth-order valence-electron chi connectivity index (χ4n) is 10.2. The fourth-order valence-corrected chi connectivity index (χ4v) is 10.2. The molecule has 2 aliphatic rings. The summed E-state index contributed by atoms with van der Waals surface area (Å²) in [5.41, 5.74) is 19.1. The summed E-state index contributed by atoms with van der Waals surface area (Å²) in [6, 6.07) is 75.6. The summed E-state index contributed by atoms with van der Waals surface area (Å²) in [6.45, 7) is 0. The van der Waals surface area contributed by atoms with Crippen LogP contribution in [0.5, 0.6) is 0 Å². The van der Waals surface area contributed by atoms with Gasteiger partial charge in [0, 0.05) is 33.0 Å². The van der Waals surface area contributed by atoms with Crippen molar-refractivity contribution in [1.29, 1.82) is 0 Å². The smallest absolute Gasteiger partial charge is 0.164 e. The van der Waals surface area contributed by atoms with Crippen LogP contribution in [0.1, 0.15) is 22.3 Å². The van der Waals surface area contributed by atoms with Gasteiger partial charge in [-0.2, -0.15) is 0 Å². The molecule has 1 spiro atoms. The van der Waals surface area contributed by atoms with Gasteiger partial charge in [-0.1, -0.05) is 194 Å². The van der Waals surface area contributed by atoms with Crippen LogP contribution < -0.4 is 0 Å². The van der Waals surface area contributed by atoms with Gasteiger partial charge in [0.25, 0.3) is 0 Å². The van der Waals surface area contributed by atoms with E-state index in [1.54, 1.807) is 0 Å². The monoisotopic (exact) mass is 789 g/mol. The molecule has 4 nitrogen and oxygen atoms in total. The first-order chi connectivity index (χ1) is 30.7. The molecule has 2 aliphatic carbocycles. The molecule has 0 saturated heterocycles. The molecule has 13 rings (SSSR count). The molecule has 288 valence electrons. The molecule has 11 aromatic rings. The van der Waals surface area contributed by atoms with E-state index in [0.29, 0.717) is 17.5 Å². The van der Waals surface area contributed by atoms with Gasteiger partial charge in [0.15, 0.2) is 17.5 Å². The van der Waals surface area contributed by atoms with Gasteiger partial charge in [0.05, 0.1) is 5.41 Å². The van der Waals surface area contributed by atoms with Crippen LogP contribution >= 0.6 is 0 Å². The van der Waals surface area contributed by atoms with Gasteiger partial charge in [0.1, 0.15) is 11.2 Å². The van der Waals surface area contributed by atoms with Crippen LogP contribution in [-0.2, 0) is 5.41 Å². The van der Waals surface area contributed by atoms with Gasteiger partial charge in [-0.15, -0.1) is 0 Å². The van der Waals surface area contributed by atoms with Crippen molar-refractivity contribution in [1.82, 2.24) is 15.0 Å². The first-order valence-electron chi connectivity index (χ1n) is 21.1. The number of aromatic nitrogens is 3. The summed E-state index contributed by atoms with van der Waals surface area (Å²) >= 11 is 0. The van der Waals surface area contributed by atoms with E-state index in [1.807, 2.05) is 42.5 Å². The predicted molar refractivity (Wildman–Crippen MR) is 251 cm³/mol. The van der Waals surface area contributed by atoms with Gasteiger partial charge >= 0.3 is 0 Å². The zero-order valence-electron chi connectivity index (χ0n) is 33.5. The lowest BCUT2D eigenvalue weighted by Gasteiger charge is -2.30. The first-order valence-corrected chi connectivity index (χ1v) is 21.1. The van der Waals surface area contributed by atoms with E-state index in [0.717, 1.165) is 55.3 Å². The number of hydrogen-bond donors (Lipinski definition) is 0. The highest BCUT2D eigenvalue weighted by atomic mass is 16.3. The Morgan fingerprint density at radius 1 is 0.290 bits per heavy atom. The lowest BCUT2D eigenvalue weighted by Crippen LogP contribution is -2.25. The highest BCUT2D eigenvalue weighted by molar-refractivity contribution is 6.09. The minimum atomic E-state index is -0.353. The molecule has 62 heavy (non-hydrogen) atoms. The number of fused-ring (bicyclic) bond motifs is 13. The number of para-hydroxylation sites is 2. The third kappa shape index (κ3) is 5.04. The highest BCUT2D eigenvalue weighted by Crippen LogP contribution is 2.63. The molecule has 0 saturated carbocycles. The average molecular weight is 790 g/mol. The van der Waals surface area contributed by atoms with Gasteiger partial charge < -0.3 is 4.42 Å². The van der Waals surface area contributed by atoms with Crippen molar-refractivity contribution in [3.8, 4) is 78.7 Å². The maximum atomic E-state index is 6.42. The summed E-state index contributed by atoms with van der Waals surface area (Å²) in [5.74, 6) is 1.85. The van der Waals surface area contributed by atoms with Crippen LogP contribution in [0.2, 0.25) is 0 Å². The van der Waals surface area contributed by atoms with Crippen LogP contribution in [0.25, 0.3) is 101 Å². The summed E-state index contributed by atoms with van der Waals surface area (Å²) in [7, 11) is 0. The number of hydrogen-bond acceptors (Lipinski definition) is 4. The molecule has 0 unspecified atom stereocenters. The van der Waals surface area contributed by atoms with Gasteiger partial charge in [-0.05, 0) is 79.4 Å². The number of furan rings is 1. The zero-order valence-corrected chi connectivity index (χ0v) is 33.5. The average Bonchev–Trinajstić information content (AvgIpc) is 3.98. The Balaban J connectivity index is 0.899. The van der Waals surface area contributed by atoms with Crippen molar-refractivity contribution in [2.45, 2.75) is 5.41 Å². The third-order valence-electron chi connectivity index (χ3n) is 13.0. The van der Waals surface area contributed by atoms with Crippen molar-refractivity contribution in [3.05, 3.63) is 235 Å². The second-order valence-corrected chi connectivity index (χ2v) is 16.3. The Bertz CT molecular complexity index is 3540. The van der Waals surface area contributed by atoms with E-state index in [2.05, 4.69) is 170 Å². The summed E-state index contributed by atoms with van der Waals surface area (Å²) < 4.78 is 6.42. The van der Waals surface area contributed by atoms with Gasteiger partial charge in [-0.25, -0.2) is 15.0 Å². The van der Waals surface area contributed by atoms with Crippen LogP contribution in [0.4, 0.5) is 0 Å².